The Balaban J connectivity index is 1.58. The van der Waals surface area contributed by atoms with Crippen LogP contribution in [-0.4, -0.2) is 11.9 Å². The van der Waals surface area contributed by atoms with Gasteiger partial charge in [0.15, 0.2) is 0 Å². The van der Waals surface area contributed by atoms with E-state index in [2.05, 4.69) is 5.32 Å². The van der Waals surface area contributed by atoms with E-state index < -0.39 is 11.9 Å². The van der Waals surface area contributed by atoms with Crippen molar-refractivity contribution in [3.8, 4) is 11.8 Å². The van der Waals surface area contributed by atoms with E-state index in [0.29, 0.717) is 22.1 Å². The quantitative estimate of drug-likeness (QED) is 0.251. The van der Waals surface area contributed by atoms with Gasteiger partial charge in [-0.3, -0.25) is 4.79 Å². The molecule has 0 atom stereocenters. The fourth-order valence-corrected chi connectivity index (χ4v) is 2.75. The molecular weight excluding hydrogens is 416 g/mol. The molecule has 0 radical (unpaired) electrons. The summed E-state index contributed by atoms with van der Waals surface area (Å²) >= 11 is 5.91. The number of hydrogen-bond donors (Lipinski definition) is 1. The number of carbonyl (C=O) groups is 2. The van der Waals surface area contributed by atoms with E-state index in [0.717, 1.165) is 5.56 Å². The van der Waals surface area contributed by atoms with Gasteiger partial charge in [-0.05, 0) is 59.7 Å². The number of carbonyl (C=O) groups excluding carboxylic acids is 2. The first-order valence-corrected chi connectivity index (χ1v) is 9.59. The van der Waals surface area contributed by atoms with Gasteiger partial charge in [-0.1, -0.05) is 35.9 Å². The molecule has 1 heterocycles. The molecule has 0 aliphatic heterocycles. The number of furan rings is 1. The molecule has 154 valence electrons. The summed E-state index contributed by atoms with van der Waals surface area (Å²) in [6.45, 7) is 0.183. The molecule has 0 bridgehead atoms. The minimum absolute atomic E-state index is 0.0549. The average molecular weight is 433 g/mol. The number of esters is 1. The highest BCUT2D eigenvalue weighted by Gasteiger charge is 2.10. The molecule has 6 nitrogen and oxygen atoms in total. The lowest BCUT2D eigenvalue weighted by Crippen LogP contribution is -2.23. The number of benzene rings is 2. The molecule has 0 saturated carbocycles. The maximum atomic E-state index is 12.2. The molecule has 0 aliphatic carbocycles. The molecule has 3 aromatic rings. The van der Waals surface area contributed by atoms with E-state index in [1.54, 1.807) is 60.7 Å². The topological polar surface area (TPSA) is 92.3 Å². The van der Waals surface area contributed by atoms with Crippen molar-refractivity contribution in [2.24, 2.45) is 0 Å². The molecule has 0 saturated heterocycles. The van der Waals surface area contributed by atoms with Crippen LogP contribution in [0, 0.1) is 11.3 Å². The summed E-state index contributed by atoms with van der Waals surface area (Å²) in [5.41, 5.74) is 1.33. The van der Waals surface area contributed by atoms with Crippen LogP contribution in [0.4, 0.5) is 0 Å². The normalized spacial score (nSPS) is 11.2. The summed E-state index contributed by atoms with van der Waals surface area (Å²) in [5, 5.41) is 12.5. The first-order chi connectivity index (χ1) is 15.0. The number of ether oxygens (including phenoxy) is 1. The van der Waals surface area contributed by atoms with E-state index >= 15 is 0 Å². The van der Waals surface area contributed by atoms with Gasteiger partial charge in [0, 0.05) is 11.1 Å². The van der Waals surface area contributed by atoms with Gasteiger partial charge in [0.1, 0.15) is 23.2 Å². The van der Waals surface area contributed by atoms with E-state index in [4.69, 9.17) is 20.8 Å². The van der Waals surface area contributed by atoms with Gasteiger partial charge in [-0.25, -0.2) is 4.79 Å². The summed E-state index contributed by atoms with van der Waals surface area (Å²) in [5.74, 6) is -0.140. The highest BCUT2D eigenvalue weighted by atomic mass is 35.5. The fraction of sp³-hybridized carbons (Fsp3) is 0.0417. The van der Waals surface area contributed by atoms with Crippen LogP contribution in [0.25, 0.3) is 12.2 Å². The molecule has 0 unspecified atom stereocenters. The van der Waals surface area contributed by atoms with Crippen molar-refractivity contribution in [3.63, 3.8) is 0 Å². The number of nitrogens with zero attached hydrogens (tertiary/aromatic N) is 1. The molecule has 0 aliphatic rings. The number of nitriles is 1. The van der Waals surface area contributed by atoms with Crippen LogP contribution in [-0.2, 0) is 16.1 Å². The molecule has 1 amide bonds. The molecule has 0 spiro atoms. The van der Waals surface area contributed by atoms with Crippen molar-refractivity contribution < 1.29 is 18.7 Å². The molecule has 1 aromatic heterocycles. The third-order valence-electron chi connectivity index (χ3n) is 4.04. The highest BCUT2D eigenvalue weighted by Crippen LogP contribution is 2.16. The van der Waals surface area contributed by atoms with Crippen molar-refractivity contribution in [2.45, 2.75) is 6.54 Å². The largest absolute Gasteiger partial charge is 0.467 e. The zero-order chi connectivity index (χ0) is 22.1. The second-order valence-electron chi connectivity index (χ2n) is 6.31. The van der Waals surface area contributed by atoms with Crippen LogP contribution in [0.15, 0.2) is 83.0 Å². The Hall–Kier alpha value is -4.08. The van der Waals surface area contributed by atoms with Crippen LogP contribution < -0.4 is 10.1 Å². The fourth-order valence-electron chi connectivity index (χ4n) is 2.55. The Kier molecular flexibility index (Phi) is 7.41. The number of rotatable bonds is 7. The molecule has 7 heteroatoms. The zero-order valence-electron chi connectivity index (χ0n) is 16.2. The Morgan fingerprint density at radius 2 is 1.90 bits per heavy atom. The van der Waals surface area contributed by atoms with Crippen molar-refractivity contribution in [1.29, 1.82) is 5.26 Å². The van der Waals surface area contributed by atoms with Crippen LogP contribution in [0.1, 0.15) is 16.9 Å². The molecule has 31 heavy (non-hydrogen) atoms. The van der Waals surface area contributed by atoms with Gasteiger partial charge in [-0.2, -0.15) is 5.26 Å². The van der Waals surface area contributed by atoms with Crippen molar-refractivity contribution in [3.05, 3.63) is 100 Å². The summed E-state index contributed by atoms with van der Waals surface area (Å²) in [6.07, 6.45) is 5.86. The summed E-state index contributed by atoms with van der Waals surface area (Å²) < 4.78 is 10.4. The first kappa shape index (κ1) is 21.6. The van der Waals surface area contributed by atoms with Crippen LogP contribution in [0.3, 0.4) is 0 Å². The first-order valence-electron chi connectivity index (χ1n) is 9.21. The second-order valence-corrected chi connectivity index (χ2v) is 6.75. The third kappa shape index (κ3) is 6.74. The van der Waals surface area contributed by atoms with Crippen molar-refractivity contribution in [1.82, 2.24) is 5.32 Å². The van der Waals surface area contributed by atoms with Gasteiger partial charge in [0.25, 0.3) is 5.91 Å². The Morgan fingerprint density at radius 3 is 2.58 bits per heavy atom. The van der Waals surface area contributed by atoms with E-state index in [9.17, 15) is 14.9 Å². The lowest BCUT2D eigenvalue weighted by Gasteiger charge is -2.04. The van der Waals surface area contributed by atoms with Gasteiger partial charge in [0.2, 0.25) is 0 Å². The predicted molar refractivity (Wildman–Crippen MR) is 117 cm³/mol. The number of nitrogens with one attached hydrogen (secondary N) is 1. The maximum absolute atomic E-state index is 12.2. The smallest absolute Gasteiger partial charge is 0.336 e. The van der Waals surface area contributed by atoms with Gasteiger partial charge in [-0.15, -0.1) is 0 Å². The Labute approximate surface area is 184 Å². The molecular formula is C24H17ClN2O4. The summed E-state index contributed by atoms with van der Waals surface area (Å²) in [7, 11) is 0. The van der Waals surface area contributed by atoms with Crippen molar-refractivity contribution >= 4 is 35.6 Å². The number of hydrogen-bond acceptors (Lipinski definition) is 5. The van der Waals surface area contributed by atoms with Gasteiger partial charge < -0.3 is 14.5 Å². The maximum Gasteiger partial charge on any atom is 0.336 e. The highest BCUT2D eigenvalue weighted by molar-refractivity contribution is 6.30. The zero-order valence-corrected chi connectivity index (χ0v) is 17.0. The summed E-state index contributed by atoms with van der Waals surface area (Å²) in [6, 6.07) is 18.8. The van der Waals surface area contributed by atoms with Crippen LogP contribution in [0.5, 0.6) is 5.75 Å². The minimum Gasteiger partial charge on any atom is -0.467 e. The standard InChI is InChI=1S/C24H17ClN2O4/c25-20-4-1-3-17(14-20)8-11-23(28)31-21-9-6-18(7-10-21)13-19(15-26)24(29)27-16-22-5-2-12-30-22/h1-14H,16H2,(H,27,29)/b11-8+,19-13+. The van der Waals surface area contributed by atoms with Crippen molar-refractivity contribution in [2.75, 3.05) is 0 Å². The monoisotopic (exact) mass is 432 g/mol. The van der Waals surface area contributed by atoms with Gasteiger partial charge >= 0.3 is 5.97 Å². The number of amides is 1. The molecule has 2 aromatic carbocycles. The molecule has 3 rings (SSSR count). The second kappa shape index (κ2) is 10.6. The van der Waals surface area contributed by atoms with Crippen LogP contribution in [0.2, 0.25) is 5.02 Å². The summed E-state index contributed by atoms with van der Waals surface area (Å²) in [4.78, 5) is 24.1. The molecule has 1 N–H and O–H groups in total. The average Bonchev–Trinajstić information content (AvgIpc) is 3.29. The minimum atomic E-state index is -0.543. The SMILES string of the molecule is N#C/C(=C\c1ccc(OC(=O)/C=C/c2cccc(Cl)c2)cc1)C(=O)NCc1ccco1. The third-order valence-corrected chi connectivity index (χ3v) is 4.27. The lowest BCUT2D eigenvalue weighted by molar-refractivity contribution is -0.128. The Bertz CT molecular complexity index is 1160. The van der Waals surface area contributed by atoms with Crippen LogP contribution >= 0.6 is 11.6 Å². The van der Waals surface area contributed by atoms with E-state index in [1.165, 1.54) is 18.4 Å². The lowest BCUT2D eigenvalue weighted by atomic mass is 10.1. The predicted octanol–water partition coefficient (Wildman–Crippen LogP) is 4.78. The van der Waals surface area contributed by atoms with Gasteiger partial charge in [0.05, 0.1) is 12.8 Å². The Morgan fingerprint density at radius 1 is 1.10 bits per heavy atom. The van der Waals surface area contributed by atoms with E-state index in [1.807, 2.05) is 12.1 Å². The number of halogens is 1. The van der Waals surface area contributed by atoms with E-state index in [-0.39, 0.29) is 12.1 Å². The molecule has 0 fully saturated rings.